The maximum atomic E-state index is 11.4. The number of rotatable bonds is 12. The molecule has 0 aliphatic rings. The second-order valence-corrected chi connectivity index (χ2v) is 12.2. The Morgan fingerprint density at radius 3 is 2.32 bits per heavy atom. The summed E-state index contributed by atoms with van der Waals surface area (Å²) in [6.45, 7) is 7.18. The number of thioether (sulfide) groups is 1. The van der Waals surface area contributed by atoms with Crippen LogP contribution in [0.4, 0.5) is 5.82 Å². The maximum Gasteiger partial charge on any atom is 0.319 e. The summed E-state index contributed by atoms with van der Waals surface area (Å²) in [7, 11) is 0. The Morgan fingerprint density at radius 1 is 1.00 bits per heavy atom. The molecule has 0 saturated carbocycles. The maximum absolute atomic E-state index is 11.4. The molecule has 0 atom stereocenters. The molecule has 38 heavy (non-hydrogen) atoms. The van der Waals surface area contributed by atoms with Crippen molar-refractivity contribution < 1.29 is 9.90 Å². The van der Waals surface area contributed by atoms with Crippen molar-refractivity contribution in [2.24, 2.45) is 0 Å². The van der Waals surface area contributed by atoms with Crippen molar-refractivity contribution in [2.45, 2.75) is 55.7 Å². The number of aliphatic carboxylic acids is 1. The van der Waals surface area contributed by atoms with E-state index >= 15 is 0 Å². The topological polar surface area (TPSA) is 66.3 Å². The Hall–Kier alpha value is -2.87. The quantitative estimate of drug-likeness (QED) is 0.176. The van der Waals surface area contributed by atoms with E-state index in [0.29, 0.717) is 0 Å². The number of aromatic nitrogens is 2. The van der Waals surface area contributed by atoms with E-state index in [1.807, 2.05) is 17.6 Å². The molecule has 5 nitrogen and oxygen atoms in total. The van der Waals surface area contributed by atoms with E-state index < -0.39 is 10.7 Å². The van der Waals surface area contributed by atoms with Gasteiger partial charge in [0.1, 0.15) is 10.6 Å². The molecule has 0 amide bonds. The Balaban J connectivity index is 0.00000400. The number of carboxylic acids is 1. The Morgan fingerprint density at radius 2 is 1.68 bits per heavy atom. The Kier molecular flexibility index (Phi) is 10.8. The summed E-state index contributed by atoms with van der Waals surface area (Å²) < 4.78 is -0.0900. The van der Waals surface area contributed by atoms with Gasteiger partial charge in [-0.1, -0.05) is 79.3 Å². The summed E-state index contributed by atoms with van der Waals surface area (Å²) in [5.74, 6) is 0.144. The molecule has 2 aromatic carbocycles. The van der Waals surface area contributed by atoms with Gasteiger partial charge in [-0.05, 0) is 61.4 Å². The van der Waals surface area contributed by atoms with Crippen LogP contribution in [0.25, 0.3) is 11.1 Å². The Labute approximate surface area is 239 Å². The molecule has 0 aliphatic heterocycles. The highest BCUT2D eigenvalue weighted by atomic mass is 35.5. The SMILES string of the molecule is CCc1ccc(N(CCCc2csc(SC(C)(C)C(=O)O)n2)Cc2ccc(-c3ccccc3)cc2)nc1.Cl. The zero-order valence-corrected chi connectivity index (χ0v) is 24.4. The molecule has 2 aromatic heterocycles. The summed E-state index contributed by atoms with van der Waals surface area (Å²) in [5, 5.41) is 11.4. The van der Waals surface area contributed by atoms with Crippen molar-refractivity contribution >= 4 is 47.3 Å². The van der Waals surface area contributed by atoms with Gasteiger partial charge in [0.05, 0.1) is 5.69 Å². The first-order valence-corrected chi connectivity index (χ1v) is 14.2. The lowest BCUT2D eigenvalue weighted by molar-refractivity contribution is -0.138. The van der Waals surface area contributed by atoms with Crippen LogP contribution < -0.4 is 4.90 Å². The second kappa shape index (κ2) is 13.8. The van der Waals surface area contributed by atoms with Crippen LogP contribution in [-0.4, -0.2) is 32.3 Å². The van der Waals surface area contributed by atoms with Gasteiger partial charge in [0.2, 0.25) is 0 Å². The predicted molar refractivity (Wildman–Crippen MR) is 162 cm³/mol. The van der Waals surface area contributed by atoms with Gasteiger partial charge in [0, 0.05) is 24.7 Å². The summed E-state index contributed by atoms with van der Waals surface area (Å²) in [4.78, 5) is 23.2. The molecule has 0 fully saturated rings. The van der Waals surface area contributed by atoms with Gasteiger partial charge in [0.15, 0.2) is 4.34 Å². The molecule has 4 rings (SSSR count). The minimum atomic E-state index is -0.891. The van der Waals surface area contributed by atoms with Crippen molar-refractivity contribution in [2.75, 3.05) is 11.4 Å². The van der Waals surface area contributed by atoms with Crippen molar-refractivity contribution in [1.29, 1.82) is 0 Å². The van der Waals surface area contributed by atoms with Crippen LogP contribution in [0.3, 0.4) is 0 Å². The zero-order chi connectivity index (χ0) is 26.3. The summed E-state index contributed by atoms with van der Waals surface area (Å²) in [6.07, 6.45) is 4.70. The number of aryl methyl sites for hydroxylation is 2. The van der Waals surface area contributed by atoms with Gasteiger partial charge < -0.3 is 10.0 Å². The first kappa shape index (κ1) is 29.7. The van der Waals surface area contributed by atoms with E-state index in [0.717, 1.165) is 48.2 Å². The van der Waals surface area contributed by atoms with Crippen LogP contribution in [-0.2, 0) is 24.2 Å². The molecule has 4 aromatic rings. The molecule has 8 heteroatoms. The first-order valence-electron chi connectivity index (χ1n) is 12.5. The third-order valence-corrected chi connectivity index (χ3v) is 8.40. The normalized spacial score (nSPS) is 11.1. The fourth-order valence-corrected chi connectivity index (χ4v) is 6.13. The van der Waals surface area contributed by atoms with E-state index in [2.05, 4.69) is 77.5 Å². The van der Waals surface area contributed by atoms with Gasteiger partial charge in [-0.3, -0.25) is 4.79 Å². The number of halogens is 1. The average Bonchev–Trinajstić information content (AvgIpc) is 3.35. The molecular formula is C30H34ClN3O2S2. The highest BCUT2D eigenvalue weighted by Gasteiger charge is 2.29. The monoisotopic (exact) mass is 567 g/mol. The summed E-state index contributed by atoms with van der Waals surface area (Å²) >= 11 is 2.82. The molecule has 0 aliphatic carbocycles. The van der Waals surface area contributed by atoms with Crippen LogP contribution in [0.5, 0.6) is 0 Å². The second-order valence-electron chi connectivity index (χ2n) is 9.49. The number of hydrogen-bond acceptors (Lipinski definition) is 6. The number of carboxylic acid groups (broad SMARTS) is 1. The summed E-state index contributed by atoms with van der Waals surface area (Å²) in [6, 6.07) is 23.5. The predicted octanol–water partition coefficient (Wildman–Crippen LogP) is 7.78. The highest BCUT2D eigenvalue weighted by molar-refractivity contribution is 8.03. The third-order valence-electron chi connectivity index (χ3n) is 6.22. The van der Waals surface area contributed by atoms with Crippen LogP contribution in [0.1, 0.15) is 44.0 Å². The lowest BCUT2D eigenvalue weighted by Gasteiger charge is -2.24. The van der Waals surface area contributed by atoms with E-state index in [1.165, 1.54) is 45.4 Å². The number of hydrogen-bond donors (Lipinski definition) is 1. The van der Waals surface area contributed by atoms with Crippen molar-refractivity contribution in [3.63, 3.8) is 0 Å². The molecule has 0 radical (unpaired) electrons. The van der Waals surface area contributed by atoms with Crippen LogP contribution in [0.2, 0.25) is 0 Å². The molecule has 1 N–H and O–H groups in total. The van der Waals surface area contributed by atoms with E-state index in [1.54, 1.807) is 13.8 Å². The van der Waals surface area contributed by atoms with E-state index in [-0.39, 0.29) is 12.4 Å². The van der Waals surface area contributed by atoms with Gasteiger partial charge in [0.25, 0.3) is 0 Å². The molecule has 0 spiro atoms. The highest BCUT2D eigenvalue weighted by Crippen LogP contribution is 2.35. The van der Waals surface area contributed by atoms with Crippen molar-refractivity contribution in [1.82, 2.24) is 9.97 Å². The van der Waals surface area contributed by atoms with Crippen molar-refractivity contribution in [3.05, 3.63) is 95.1 Å². The van der Waals surface area contributed by atoms with Gasteiger partial charge in [-0.15, -0.1) is 23.7 Å². The van der Waals surface area contributed by atoms with E-state index in [9.17, 15) is 9.90 Å². The molecular weight excluding hydrogens is 534 g/mol. The number of carbonyl (C=O) groups is 1. The van der Waals surface area contributed by atoms with E-state index in [4.69, 9.17) is 4.98 Å². The number of anilines is 1. The first-order chi connectivity index (χ1) is 17.8. The smallest absolute Gasteiger partial charge is 0.319 e. The van der Waals surface area contributed by atoms with Crippen LogP contribution in [0, 0.1) is 0 Å². The minimum Gasteiger partial charge on any atom is -0.480 e. The van der Waals surface area contributed by atoms with Gasteiger partial charge in [-0.2, -0.15) is 0 Å². The minimum absolute atomic E-state index is 0. The molecule has 0 saturated heterocycles. The summed E-state index contributed by atoms with van der Waals surface area (Å²) in [5.41, 5.74) is 5.91. The lowest BCUT2D eigenvalue weighted by Crippen LogP contribution is -2.26. The fraction of sp³-hybridized carbons (Fsp3) is 0.300. The lowest BCUT2D eigenvalue weighted by atomic mass is 10.0. The Bertz CT molecular complexity index is 1290. The van der Waals surface area contributed by atoms with Gasteiger partial charge in [-0.25, -0.2) is 9.97 Å². The fourth-order valence-electron chi connectivity index (χ4n) is 3.90. The van der Waals surface area contributed by atoms with Crippen LogP contribution in [0.15, 0.2) is 82.6 Å². The number of pyridine rings is 1. The standard InChI is InChI=1S/C30H33N3O2S2.ClH/c1-4-22-14-17-27(31-19-22)33(20-23-12-15-25(16-13-23)24-9-6-5-7-10-24)18-8-11-26-21-36-29(32-26)37-30(2,3)28(34)35;/h5-7,9-10,12-17,19,21H,4,8,11,18,20H2,1-3H3,(H,34,35);1H. The van der Waals surface area contributed by atoms with Gasteiger partial charge >= 0.3 is 5.97 Å². The van der Waals surface area contributed by atoms with Crippen molar-refractivity contribution in [3.8, 4) is 11.1 Å². The molecule has 2 heterocycles. The zero-order valence-electron chi connectivity index (χ0n) is 22.0. The third kappa shape index (κ3) is 8.06. The molecule has 0 unspecified atom stereocenters. The number of benzene rings is 2. The number of thiazole rings is 1. The molecule has 0 bridgehead atoms. The largest absolute Gasteiger partial charge is 0.480 e. The average molecular weight is 568 g/mol. The van der Waals surface area contributed by atoms with Crippen LogP contribution >= 0.6 is 35.5 Å². The number of nitrogens with zero attached hydrogens (tertiary/aromatic N) is 3. The molecule has 200 valence electrons.